The standard InChI is InChI=1S/C12H23NO2S/c14-16(15,12-4-2-1-3-5-12)9-8-13-10-11-6-7-11/h11-13H,1-10H2. The zero-order valence-corrected chi connectivity index (χ0v) is 10.8. The lowest BCUT2D eigenvalue weighted by atomic mass is 10.0. The highest BCUT2D eigenvalue weighted by atomic mass is 32.2. The van der Waals surface area contributed by atoms with E-state index in [1.807, 2.05) is 0 Å². The average Bonchev–Trinajstić information content (AvgIpc) is 3.10. The van der Waals surface area contributed by atoms with Crippen molar-refractivity contribution in [3.8, 4) is 0 Å². The van der Waals surface area contributed by atoms with Crippen molar-refractivity contribution in [2.45, 2.75) is 50.2 Å². The summed E-state index contributed by atoms with van der Waals surface area (Å²) in [6, 6.07) is 0. The van der Waals surface area contributed by atoms with Gasteiger partial charge < -0.3 is 5.32 Å². The lowest BCUT2D eigenvalue weighted by Gasteiger charge is -2.21. The van der Waals surface area contributed by atoms with Crippen LogP contribution in [0.2, 0.25) is 0 Å². The Morgan fingerprint density at radius 1 is 1.00 bits per heavy atom. The normalized spacial score (nSPS) is 23.5. The summed E-state index contributed by atoms with van der Waals surface area (Å²) in [6.45, 7) is 1.66. The van der Waals surface area contributed by atoms with E-state index in [-0.39, 0.29) is 5.25 Å². The number of rotatable bonds is 6. The first kappa shape index (κ1) is 12.4. The van der Waals surface area contributed by atoms with E-state index >= 15 is 0 Å². The molecule has 16 heavy (non-hydrogen) atoms. The van der Waals surface area contributed by atoms with Crippen LogP contribution in [0, 0.1) is 5.92 Å². The second kappa shape index (κ2) is 5.50. The van der Waals surface area contributed by atoms with E-state index in [9.17, 15) is 8.42 Å². The van der Waals surface area contributed by atoms with E-state index < -0.39 is 9.84 Å². The fourth-order valence-corrected chi connectivity index (χ4v) is 4.25. The van der Waals surface area contributed by atoms with Crippen molar-refractivity contribution in [2.24, 2.45) is 5.92 Å². The second-order valence-corrected chi connectivity index (χ2v) is 7.68. The fourth-order valence-electron chi connectivity index (χ4n) is 2.43. The number of hydrogen-bond acceptors (Lipinski definition) is 3. The predicted molar refractivity (Wildman–Crippen MR) is 66.3 cm³/mol. The molecule has 2 fully saturated rings. The Kier molecular flexibility index (Phi) is 4.25. The molecule has 0 bridgehead atoms. The third-order valence-corrected chi connectivity index (χ3v) is 6.01. The minimum absolute atomic E-state index is 0.0380. The van der Waals surface area contributed by atoms with Gasteiger partial charge in [-0.25, -0.2) is 8.42 Å². The summed E-state index contributed by atoms with van der Waals surface area (Å²) in [6.07, 6.45) is 7.84. The van der Waals surface area contributed by atoms with Crippen molar-refractivity contribution < 1.29 is 8.42 Å². The highest BCUT2D eigenvalue weighted by Gasteiger charge is 2.27. The summed E-state index contributed by atoms with van der Waals surface area (Å²) in [5.74, 6) is 1.17. The number of nitrogens with one attached hydrogen (secondary N) is 1. The minimum atomic E-state index is -2.82. The van der Waals surface area contributed by atoms with E-state index in [4.69, 9.17) is 0 Å². The molecule has 0 aromatic rings. The van der Waals surface area contributed by atoms with E-state index in [2.05, 4.69) is 5.32 Å². The average molecular weight is 245 g/mol. The van der Waals surface area contributed by atoms with E-state index in [0.29, 0.717) is 12.3 Å². The molecule has 2 aliphatic rings. The molecule has 3 nitrogen and oxygen atoms in total. The first-order valence-corrected chi connectivity index (χ1v) is 8.32. The maximum Gasteiger partial charge on any atom is 0.154 e. The van der Waals surface area contributed by atoms with Gasteiger partial charge in [-0.3, -0.25) is 0 Å². The molecule has 0 aromatic carbocycles. The lowest BCUT2D eigenvalue weighted by Crippen LogP contribution is -2.32. The first-order valence-electron chi connectivity index (χ1n) is 6.61. The third kappa shape index (κ3) is 3.74. The van der Waals surface area contributed by atoms with Crippen molar-refractivity contribution in [3.63, 3.8) is 0 Å². The molecule has 2 saturated carbocycles. The molecule has 0 amide bonds. The van der Waals surface area contributed by atoms with Gasteiger partial charge in [-0.15, -0.1) is 0 Å². The van der Waals surface area contributed by atoms with Crippen LogP contribution in [0.15, 0.2) is 0 Å². The van der Waals surface area contributed by atoms with Crippen LogP contribution in [-0.2, 0) is 9.84 Å². The molecule has 0 aromatic heterocycles. The Hall–Kier alpha value is -0.0900. The molecule has 4 heteroatoms. The summed E-state index contributed by atoms with van der Waals surface area (Å²) in [5, 5.41) is 3.23. The monoisotopic (exact) mass is 245 g/mol. The van der Waals surface area contributed by atoms with Crippen molar-refractivity contribution in [1.82, 2.24) is 5.32 Å². The van der Waals surface area contributed by atoms with Gasteiger partial charge in [0.2, 0.25) is 0 Å². The minimum Gasteiger partial charge on any atom is -0.315 e. The Morgan fingerprint density at radius 3 is 2.31 bits per heavy atom. The highest BCUT2D eigenvalue weighted by molar-refractivity contribution is 7.92. The Morgan fingerprint density at radius 2 is 1.69 bits per heavy atom. The molecule has 0 heterocycles. The Bertz CT molecular complexity index is 303. The summed E-state index contributed by atoms with van der Waals surface area (Å²) in [4.78, 5) is 0. The van der Waals surface area contributed by atoms with Crippen LogP contribution >= 0.6 is 0 Å². The van der Waals surface area contributed by atoms with Gasteiger partial charge in [0.1, 0.15) is 0 Å². The maximum absolute atomic E-state index is 12.0. The first-order chi connectivity index (χ1) is 7.68. The molecule has 0 radical (unpaired) electrons. The zero-order valence-electron chi connectivity index (χ0n) is 9.95. The SMILES string of the molecule is O=S(=O)(CCNCC1CC1)C1CCCCC1. The van der Waals surface area contributed by atoms with Gasteiger partial charge in [-0.05, 0) is 38.1 Å². The van der Waals surface area contributed by atoms with Crippen LogP contribution in [0.3, 0.4) is 0 Å². The summed E-state index contributed by atoms with van der Waals surface area (Å²) < 4.78 is 24.0. The quantitative estimate of drug-likeness (QED) is 0.725. The van der Waals surface area contributed by atoms with Gasteiger partial charge in [0.25, 0.3) is 0 Å². The van der Waals surface area contributed by atoms with Gasteiger partial charge in [-0.2, -0.15) is 0 Å². The number of sulfone groups is 1. The van der Waals surface area contributed by atoms with E-state index in [0.717, 1.165) is 38.1 Å². The van der Waals surface area contributed by atoms with Crippen LogP contribution in [-0.4, -0.2) is 32.5 Å². The van der Waals surface area contributed by atoms with E-state index in [1.54, 1.807) is 0 Å². The molecule has 0 aliphatic heterocycles. The largest absolute Gasteiger partial charge is 0.315 e. The van der Waals surface area contributed by atoms with Gasteiger partial charge >= 0.3 is 0 Å². The van der Waals surface area contributed by atoms with Crippen molar-refractivity contribution in [3.05, 3.63) is 0 Å². The van der Waals surface area contributed by atoms with Gasteiger partial charge in [0, 0.05) is 6.54 Å². The summed E-state index contributed by atoms with van der Waals surface area (Å²) in [5.41, 5.74) is 0. The van der Waals surface area contributed by atoms with Crippen molar-refractivity contribution >= 4 is 9.84 Å². The molecular weight excluding hydrogens is 222 g/mol. The zero-order chi connectivity index (χ0) is 11.4. The van der Waals surface area contributed by atoms with Crippen molar-refractivity contribution in [1.29, 1.82) is 0 Å². The van der Waals surface area contributed by atoms with Crippen LogP contribution in [0.1, 0.15) is 44.9 Å². The molecule has 0 saturated heterocycles. The maximum atomic E-state index is 12.0. The van der Waals surface area contributed by atoms with Crippen LogP contribution < -0.4 is 5.32 Å². The van der Waals surface area contributed by atoms with Gasteiger partial charge in [-0.1, -0.05) is 19.3 Å². The van der Waals surface area contributed by atoms with Crippen molar-refractivity contribution in [2.75, 3.05) is 18.8 Å². The molecule has 0 spiro atoms. The predicted octanol–water partition coefficient (Wildman–Crippen LogP) is 1.73. The summed E-state index contributed by atoms with van der Waals surface area (Å²) >= 11 is 0. The van der Waals surface area contributed by atoms with Gasteiger partial charge in [0.05, 0.1) is 11.0 Å². The molecule has 0 unspecified atom stereocenters. The number of hydrogen-bond donors (Lipinski definition) is 1. The van der Waals surface area contributed by atoms with E-state index in [1.165, 1.54) is 19.3 Å². The fraction of sp³-hybridized carbons (Fsp3) is 1.00. The molecule has 2 aliphatic carbocycles. The second-order valence-electron chi connectivity index (χ2n) is 5.27. The summed E-state index contributed by atoms with van der Waals surface area (Å²) in [7, 11) is -2.82. The third-order valence-electron chi connectivity index (χ3n) is 3.75. The molecule has 0 atom stereocenters. The van der Waals surface area contributed by atoms with Crippen LogP contribution in [0.5, 0.6) is 0 Å². The highest BCUT2D eigenvalue weighted by Crippen LogP contribution is 2.27. The molecular formula is C12H23NO2S. The van der Waals surface area contributed by atoms with Crippen LogP contribution in [0.25, 0.3) is 0 Å². The lowest BCUT2D eigenvalue weighted by molar-refractivity contribution is 0.482. The topological polar surface area (TPSA) is 46.2 Å². The van der Waals surface area contributed by atoms with Crippen LogP contribution in [0.4, 0.5) is 0 Å². The molecule has 2 rings (SSSR count). The Labute approximate surface area is 98.9 Å². The smallest absolute Gasteiger partial charge is 0.154 e. The molecule has 94 valence electrons. The molecule has 1 N–H and O–H groups in total. The Balaban J connectivity index is 1.68. The van der Waals surface area contributed by atoms with Gasteiger partial charge in [0.15, 0.2) is 9.84 Å².